The van der Waals surface area contributed by atoms with Crippen LogP contribution in [0.5, 0.6) is 0 Å². The lowest BCUT2D eigenvalue weighted by Crippen LogP contribution is -2.58. The Morgan fingerprint density at radius 3 is 2.57 bits per heavy atom. The summed E-state index contributed by atoms with van der Waals surface area (Å²) in [6, 6.07) is 20.8. The normalized spacial score (nSPS) is 19.5. The number of aromatic nitrogens is 1. The van der Waals surface area contributed by atoms with E-state index >= 15 is 0 Å². The minimum absolute atomic E-state index is 0.0523. The maximum absolute atomic E-state index is 13.5. The first-order chi connectivity index (χ1) is 17.9. The van der Waals surface area contributed by atoms with Crippen LogP contribution in [0.2, 0.25) is 5.02 Å². The van der Waals surface area contributed by atoms with Crippen molar-refractivity contribution in [3.63, 3.8) is 0 Å². The van der Waals surface area contributed by atoms with Gasteiger partial charge in [-0.15, -0.1) is 11.8 Å². The van der Waals surface area contributed by atoms with Gasteiger partial charge in [0.25, 0.3) is 0 Å². The maximum Gasteiger partial charge on any atom is 0.242 e. The summed E-state index contributed by atoms with van der Waals surface area (Å²) in [7, 11) is 0. The van der Waals surface area contributed by atoms with Crippen molar-refractivity contribution in [2.75, 3.05) is 11.4 Å². The predicted molar refractivity (Wildman–Crippen MR) is 147 cm³/mol. The largest absolute Gasteiger partial charge is 0.339 e. The van der Waals surface area contributed by atoms with Crippen LogP contribution in [0.3, 0.4) is 0 Å². The first-order valence-corrected chi connectivity index (χ1v) is 13.9. The van der Waals surface area contributed by atoms with Crippen molar-refractivity contribution in [3.05, 3.63) is 106 Å². The molecular formula is C28H23ClFN3O2S2. The number of hydrogen-bond acceptors (Lipinski definition) is 6. The fourth-order valence-corrected chi connectivity index (χ4v) is 6.47. The average Bonchev–Trinajstić information content (AvgIpc) is 3.45. The average molecular weight is 552 g/mol. The lowest BCUT2D eigenvalue weighted by atomic mass is 9.79. The van der Waals surface area contributed by atoms with Crippen molar-refractivity contribution in [1.82, 2.24) is 10.3 Å². The Kier molecular flexibility index (Phi) is 7.33. The van der Waals surface area contributed by atoms with Crippen molar-refractivity contribution in [3.8, 4) is 0 Å². The lowest BCUT2D eigenvalue weighted by Gasteiger charge is -2.39. The van der Waals surface area contributed by atoms with Crippen molar-refractivity contribution < 1.29 is 14.0 Å². The molecule has 2 aromatic heterocycles. The number of halogens is 2. The minimum Gasteiger partial charge on any atom is -0.339 e. The number of amides is 1. The summed E-state index contributed by atoms with van der Waals surface area (Å²) in [4.78, 5) is 34.6. The van der Waals surface area contributed by atoms with Gasteiger partial charge >= 0.3 is 0 Å². The highest BCUT2D eigenvalue weighted by Crippen LogP contribution is 2.41. The molecule has 2 atom stereocenters. The molecule has 0 saturated carbocycles. The molecule has 0 bridgehead atoms. The van der Waals surface area contributed by atoms with E-state index in [0.29, 0.717) is 28.0 Å². The number of thioether (sulfide) groups is 1. The number of benzene rings is 2. The second-order valence-corrected chi connectivity index (χ2v) is 10.9. The molecule has 1 saturated heterocycles. The molecule has 1 fully saturated rings. The van der Waals surface area contributed by atoms with Crippen LogP contribution >= 0.6 is 34.7 Å². The van der Waals surface area contributed by atoms with Crippen molar-refractivity contribution in [2.45, 2.75) is 29.0 Å². The number of carbonyl (C=O) groups is 2. The molecule has 1 aliphatic heterocycles. The number of anilines is 2. The SMILES string of the molecule is CCN(c1ccc(F)cc1)c1cccc(C2(c3ccsc3)CC(=O)C(Sc3ccccc3Cl)C(=O)N2)n1. The zero-order chi connectivity index (χ0) is 26.0. The fourth-order valence-electron chi connectivity index (χ4n) is 4.50. The van der Waals surface area contributed by atoms with E-state index < -0.39 is 10.8 Å². The third kappa shape index (κ3) is 5.01. The molecule has 5 rings (SSSR count). The topological polar surface area (TPSA) is 62.3 Å². The van der Waals surface area contributed by atoms with E-state index in [0.717, 1.165) is 23.0 Å². The number of hydrogen-bond donors (Lipinski definition) is 1. The summed E-state index contributed by atoms with van der Waals surface area (Å²) in [6.45, 7) is 2.57. The van der Waals surface area contributed by atoms with Crippen LogP contribution in [-0.4, -0.2) is 28.5 Å². The third-order valence-corrected chi connectivity index (χ3v) is 8.75. The minimum atomic E-state index is -1.11. The first-order valence-electron chi connectivity index (χ1n) is 11.7. The monoisotopic (exact) mass is 551 g/mol. The van der Waals surface area contributed by atoms with Gasteiger partial charge < -0.3 is 10.2 Å². The van der Waals surface area contributed by atoms with E-state index in [1.165, 1.54) is 23.5 Å². The summed E-state index contributed by atoms with van der Waals surface area (Å²) >= 11 is 8.94. The Balaban J connectivity index is 1.52. The van der Waals surface area contributed by atoms with Gasteiger partial charge in [0.1, 0.15) is 22.4 Å². The number of Topliss-reactive ketones (excluding diaryl/α,β-unsaturated/α-hetero) is 1. The Labute approximate surface area is 227 Å². The number of ketones is 1. The Bertz CT molecular complexity index is 1410. The molecule has 0 aliphatic carbocycles. The van der Waals surface area contributed by atoms with Gasteiger partial charge in [-0.25, -0.2) is 9.37 Å². The van der Waals surface area contributed by atoms with Gasteiger partial charge in [-0.1, -0.05) is 29.8 Å². The number of piperidine rings is 1. The molecule has 0 spiro atoms. The van der Waals surface area contributed by atoms with E-state index in [1.807, 2.05) is 52.9 Å². The summed E-state index contributed by atoms with van der Waals surface area (Å²) in [5.41, 5.74) is 1.05. The fraction of sp³-hybridized carbons (Fsp3) is 0.179. The van der Waals surface area contributed by atoms with E-state index in [2.05, 4.69) is 5.32 Å². The van der Waals surface area contributed by atoms with Gasteiger partial charge in [-0.05, 0) is 77.8 Å². The second kappa shape index (κ2) is 10.7. The molecule has 1 amide bonds. The third-order valence-electron chi connectivity index (χ3n) is 6.30. The highest BCUT2D eigenvalue weighted by Gasteiger charge is 2.48. The molecule has 9 heteroatoms. The molecule has 5 nitrogen and oxygen atoms in total. The van der Waals surface area contributed by atoms with Crippen LogP contribution in [0.4, 0.5) is 15.9 Å². The zero-order valence-corrected chi connectivity index (χ0v) is 22.2. The standard InChI is InChI=1S/C28H23ClFN3O2S2/c1-2-33(20-12-10-19(30)11-13-20)25-9-5-8-24(31-25)28(18-14-15-36-17-18)16-22(34)26(27(35)32-28)37-23-7-4-3-6-21(23)29/h3-15,17,26H,2,16H2,1H3,(H,32,35). The number of nitrogens with zero attached hydrogens (tertiary/aromatic N) is 2. The molecule has 188 valence electrons. The highest BCUT2D eigenvalue weighted by atomic mass is 35.5. The van der Waals surface area contributed by atoms with E-state index in [-0.39, 0.29) is 23.9 Å². The Morgan fingerprint density at radius 1 is 1.11 bits per heavy atom. The number of pyridine rings is 1. The van der Waals surface area contributed by atoms with Crippen molar-refractivity contribution >= 4 is 57.9 Å². The smallest absolute Gasteiger partial charge is 0.242 e. The van der Waals surface area contributed by atoms with Gasteiger partial charge in [0.15, 0.2) is 5.78 Å². The number of nitrogens with one attached hydrogen (secondary N) is 1. The van der Waals surface area contributed by atoms with Crippen LogP contribution < -0.4 is 10.2 Å². The van der Waals surface area contributed by atoms with Crippen LogP contribution in [0.15, 0.2) is 88.5 Å². The van der Waals surface area contributed by atoms with E-state index in [4.69, 9.17) is 16.6 Å². The van der Waals surface area contributed by atoms with E-state index in [9.17, 15) is 14.0 Å². The number of rotatable bonds is 7. The maximum atomic E-state index is 13.5. The summed E-state index contributed by atoms with van der Waals surface area (Å²) in [5.74, 6) is -0.260. The quantitative estimate of drug-likeness (QED) is 0.263. The molecule has 2 unspecified atom stereocenters. The van der Waals surface area contributed by atoms with E-state index in [1.54, 1.807) is 30.3 Å². The van der Waals surface area contributed by atoms with Gasteiger partial charge in [-0.2, -0.15) is 11.3 Å². The molecule has 37 heavy (non-hydrogen) atoms. The zero-order valence-electron chi connectivity index (χ0n) is 19.9. The molecule has 0 radical (unpaired) electrons. The Hall–Kier alpha value is -3.20. The van der Waals surface area contributed by atoms with Gasteiger partial charge in [0, 0.05) is 23.5 Å². The molecule has 1 N–H and O–H groups in total. The molecule has 4 aromatic rings. The van der Waals surface area contributed by atoms with Gasteiger partial charge in [-0.3, -0.25) is 9.59 Å². The summed E-state index contributed by atoms with van der Waals surface area (Å²) in [6.07, 6.45) is 0.0523. The lowest BCUT2D eigenvalue weighted by molar-refractivity contribution is -0.133. The highest BCUT2D eigenvalue weighted by molar-refractivity contribution is 8.01. The van der Waals surface area contributed by atoms with Gasteiger partial charge in [0.2, 0.25) is 5.91 Å². The number of carbonyl (C=O) groups excluding carboxylic acids is 2. The van der Waals surface area contributed by atoms with Gasteiger partial charge in [0.05, 0.1) is 10.7 Å². The van der Waals surface area contributed by atoms with Crippen LogP contribution in [0, 0.1) is 5.82 Å². The van der Waals surface area contributed by atoms with Crippen LogP contribution in [0.1, 0.15) is 24.6 Å². The Morgan fingerprint density at radius 2 is 1.89 bits per heavy atom. The number of thiophene rings is 1. The van der Waals surface area contributed by atoms with Crippen molar-refractivity contribution in [2.24, 2.45) is 0 Å². The second-order valence-electron chi connectivity index (χ2n) is 8.58. The van der Waals surface area contributed by atoms with Crippen LogP contribution in [-0.2, 0) is 15.1 Å². The summed E-state index contributed by atoms with van der Waals surface area (Å²) < 4.78 is 13.5. The molecular weight excluding hydrogens is 529 g/mol. The molecule has 1 aliphatic rings. The first kappa shape index (κ1) is 25.4. The predicted octanol–water partition coefficient (Wildman–Crippen LogP) is 6.59. The van der Waals surface area contributed by atoms with Crippen molar-refractivity contribution in [1.29, 1.82) is 0 Å². The van der Waals surface area contributed by atoms with Crippen LogP contribution in [0.25, 0.3) is 0 Å². The summed E-state index contributed by atoms with van der Waals surface area (Å²) in [5, 5.41) is 6.58. The molecule has 3 heterocycles. The molecule has 2 aromatic carbocycles.